The van der Waals surface area contributed by atoms with E-state index in [0.717, 1.165) is 6.42 Å². The number of hydrogen-bond donors (Lipinski definition) is 3. The number of nitro benzene ring substituents is 1. The van der Waals surface area contributed by atoms with Gasteiger partial charge in [0.1, 0.15) is 6.04 Å². The Morgan fingerprint density at radius 3 is 2.77 bits per heavy atom. The molecule has 0 spiro atoms. The standard InChI is InChI=1S/C13H17ClN4O3S/c1-3-6-15-12(19)8(2)16-13(22)17-11-7-9(18(20)21)4-5-10(11)14/h4-5,7-8H,3,6H2,1-2H3,(H,15,19)(H2,16,17,22)/t8-/m0/s1. The zero-order chi connectivity index (χ0) is 16.7. The van der Waals surface area contributed by atoms with Gasteiger partial charge in [-0.25, -0.2) is 0 Å². The molecule has 1 aromatic rings. The van der Waals surface area contributed by atoms with E-state index < -0.39 is 11.0 Å². The van der Waals surface area contributed by atoms with Gasteiger partial charge in [0.25, 0.3) is 5.69 Å². The second kappa shape index (κ2) is 8.50. The molecule has 22 heavy (non-hydrogen) atoms. The smallest absolute Gasteiger partial charge is 0.271 e. The Labute approximate surface area is 138 Å². The van der Waals surface area contributed by atoms with Gasteiger partial charge < -0.3 is 16.0 Å². The molecule has 9 heteroatoms. The highest BCUT2D eigenvalue weighted by atomic mass is 35.5. The van der Waals surface area contributed by atoms with E-state index in [1.165, 1.54) is 18.2 Å². The molecule has 0 unspecified atom stereocenters. The molecule has 1 aromatic carbocycles. The Kier molecular flexibility index (Phi) is 7.00. The van der Waals surface area contributed by atoms with Gasteiger partial charge in [0.15, 0.2) is 5.11 Å². The summed E-state index contributed by atoms with van der Waals surface area (Å²) in [6.45, 7) is 4.20. The predicted molar refractivity (Wildman–Crippen MR) is 90.2 cm³/mol. The fourth-order valence-corrected chi connectivity index (χ4v) is 2.00. The van der Waals surface area contributed by atoms with Crippen molar-refractivity contribution in [3.05, 3.63) is 33.3 Å². The van der Waals surface area contributed by atoms with Crippen molar-refractivity contribution in [2.75, 3.05) is 11.9 Å². The summed E-state index contributed by atoms with van der Waals surface area (Å²) in [6, 6.07) is 3.44. The van der Waals surface area contributed by atoms with E-state index in [2.05, 4.69) is 16.0 Å². The van der Waals surface area contributed by atoms with Crippen LogP contribution in [0.2, 0.25) is 5.02 Å². The van der Waals surface area contributed by atoms with Gasteiger partial charge in [-0.1, -0.05) is 18.5 Å². The van der Waals surface area contributed by atoms with Gasteiger partial charge in [0.05, 0.1) is 15.6 Å². The molecule has 0 heterocycles. The summed E-state index contributed by atoms with van der Waals surface area (Å²) in [5, 5.41) is 19.5. The van der Waals surface area contributed by atoms with E-state index in [4.69, 9.17) is 23.8 Å². The average Bonchev–Trinajstić information content (AvgIpc) is 2.46. The number of nitrogens with zero attached hydrogens (tertiary/aromatic N) is 1. The van der Waals surface area contributed by atoms with Crippen molar-refractivity contribution in [3.63, 3.8) is 0 Å². The quantitative estimate of drug-likeness (QED) is 0.417. The maximum Gasteiger partial charge on any atom is 0.271 e. The van der Waals surface area contributed by atoms with Crippen LogP contribution in [0, 0.1) is 10.1 Å². The lowest BCUT2D eigenvalue weighted by Crippen LogP contribution is -2.46. The lowest BCUT2D eigenvalue weighted by Gasteiger charge is -2.17. The van der Waals surface area contributed by atoms with Crippen LogP contribution >= 0.6 is 23.8 Å². The first-order valence-electron chi connectivity index (χ1n) is 6.64. The third kappa shape index (κ3) is 5.45. The summed E-state index contributed by atoms with van der Waals surface area (Å²) in [7, 11) is 0. The van der Waals surface area contributed by atoms with Gasteiger partial charge in [0.2, 0.25) is 5.91 Å². The molecule has 120 valence electrons. The molecule has 1 amide bonds. The van der Waals surface area contributed by atoms with Gasteiger partial charge in [-0.15, -0.1) is 0 Å². The van der Waals surface area contributed by atoms with Crippen molar-refractivity contribution < 1.29 is 9.72 Å². The van der Waals surface area contributed by atoms with Crippen molar-refractivity contribution in [1.82, 2.24) is 10.6 Å². The summed E-state index contributed by atoms with van der Waals surface area (Å²) in [5.41, 5.74) is 0.193. The minimum atomic E-state index is -0.538. The van der Waals surface area contributed by atoms with Crippen LogP contribution in [0.5, 0.6) is 0 Å². The number of rotatable bonds is 6. The molecule has 7 nitrogen and oxygen atoms in total. The van der Waals surface area contributed by atoms with E-state index in [-0.39, 0.29) is 21.7 Å². The minimum absolute atomic E-state index is 0.108. The normalized spacial score (nSPS) is 11.4. The minimum Gasteiger partial charge on any atom is -0.354 e. The largest absolute Gasteiger partial charge is 0.354 e. The first-order chi connectivity index (χ1) is 10.3. The van der Waals surface area contributed by atoms with Crippen molar-refractivity contribution in [3.8, 4) is 0 Å². The number of benzene rings is 1. The molecule has 0 aliphatic rings. The maximum atomic E-state index is 11.7. The van der Waals surface area contributed by atoms with E-state index in [1.54, 1.807) is 6.92 Å². The van der Waals surface area contributed by atoms with Gasteiger partial charge in [-0.2, -0.15) is 0 Å². The molecule has 3 N–H and O–H groups in total. The molecule has 0 fully saturated rings. The lowest BCUT2D eigenvalue weighted by atomic mass is 10.3. The van der Waals surface area contributed by atoms with Crippen molar-refractivity contribution in [1.29, 1.82) is 0 Å². The van der Waals surface area contributed by atoms with Crippen LogP contribution in [-0.4, -0.2) is 28.5 Å². The molecule has 0 aliphatic heterocycles. The Hall–Kier alpha value is -1.93. The average molecular weight is 345 g/mol. The number of nitrogens with one attached hydrogen (secondary N) is 3. The Bertz CT molecular complexity index is 582. The predicted octanol–water partition coefficient (Wildman–Crippen LogP) is 2.45. The highest BCUT2D eigenvalue weighted by Gasteiger charge is 2.15. The van der Waals surface area contributed by atoms with E-state index in [0.29, 0.717) is 12.2 Å². The Morgan fingerprint density at radius 1 is 1.50 bits per heavy atom. The van der Waals surface area contributed by atoms with Crippen LogP contribution in [0.15, 0.2) is 18.2 Å². The van der Waals surface area contributed by atoms with Crippen LogP contribution in [0.25, 0.3) is 0 Å². The molecule has 0 aliphatic carbocycles. The molecule has 0 bridgehead atoms. The summed E-state index contributed by atoms with van der Waals surface area (Å²) >= 11 is 11.0. The molecule has 0 radical (unpaired) electrons. The number of carbonyl (C=O) groups excluding carboxylic acids is 1. The third-order valence-electron chi connectivity index (χ3n) is 2.70. The molecular weight excluding hydrogens is 328 g/mol. The van der Waals surface area contributed by atoms with Crippen LogP contribution in [0.4, 0.5) is 11.4 Å². The number of amides is 1. The topological polar surface area (TPSA) is 96.3 Å². The molecule has 0 saturated heterocycles. The van der Waals surface area contributed by atoms with Gasteiger partial charge >= 0.3 is 0 Å². The van der Waals surface area contributed by atoms with Crippen molar-refractivity contribution in [2.24, 2.45) is 0 Å². The van der Waals surface area contributed by atoms with E-state index in [9.17, 15) is 14.9 Å². The van der Waals surface area contributed by atoms with Crippen molar-refractivity contribution >= 4 is 46.2 Å². The monoisotopic (exact) mass is 344 g/mol. The van der Waals surface area contributed by atoms with Crippen LogP contribution in [0.3, 0.4) is 0 Å². The summed E-state index contributed by atoms with van der Waals surface area (Å²) in [5.74, 6) is -0.184. The SMILES string of the molecule is CCCNC(=O)[C@H](C)NC(=S)Nc1cc([N+](=O)[O-])ccc1Cl. The second-order valence-electron chi connectivity index (χ2n) is 4.53. The fourth-order valence-electron chi connectivity index (χ4n) is 1.54. The molecule has 0 aromatic heterocycles. The van der Waals surface area contributed by atoms with Crippen LogP contribution < -0.4 is 16.0 Å². The van der Waals surface area contributed by atoms with Gasteiger partial charge in [-0.3, -0.25) is 14.9 Å². The third-order valence-corrected chi connectivity index (χ3v) is 3.25. The van der Waals surface area contributed by atoms with Gasteiger partial charge in [-0.05, 0) is 31.6 Å². The zero-order valence-electron chi connectivity index (χ0n) is 12.2. The maximum absolute atomic E-state index is 11.7. The Balaban J connectivity index is 2.67. The highest BCUT2D eigenvalue weighted by molar-refractivity contribution is 7.80. The zero-order valence-corrected chi connectivity index (χ0v) is 13.8. The first-order valence-corrected chi connectivity index (χ1v) is 7.43. The number of thiocarbonyl (C=S) groups is 1. The highest BCUT2D eigenvalue weighted by Crippen LogP contribution is 2.26. The van der Waals surface area contributed by atoms with E-state index in [1.807, 2.05) is 6.92 Å². The Morgan fingerprint density at radius 2 is 2.18 bits per heavy atom. The van der Waals surface area contributed by atoms with Crippen molar-refractivity contribution in [2.45, 2.75) is 26.3 Å². The lowest BCUT2D eigenvalue weighted by molar-refractivity contribution is -0.384. The molecule has 1 atom stereocenters. The number of nitro groups is 1. The summed E-state index contributed by atoms with van der Waals surface area (Å²) in [4.78, 5) is 21.9. The second-order valence-corrected chi connectivity index (χ2v) is 5.35. The molecular formula is C13H17ClN4O3S. The van der Waals surface area contributed by atoms with Crippen LogP contribution in [-0.2, 0) is 4.79 Å². The molecule has 1 rings (SSSR count). The van der Waals surface area contributed by atoms with Gasteiger partial charge in [0, 0.05) is 18.7 Å². The first kappa shape index (κ1) is 18.1. The van der Waals surface area contributed by atoms with E-state index >= 15 is 0 Å². The number of hydrogen-bond acceptors (Lipinski definition) is 4. The fraction of sp³-hybridized carbons (Fsp3) is 0.385. The number of anilines is 1. The summed E-state index contributed by atoms with van der Waals surface area (Å²) in [6.07, 6.45) is 0.838. The summed E-state index contributed by atoms with van der Waals surface area (Å²) < 4.78 is 0. The number of carbonyl (C=O) groups is 1. The molecule has 0 saturated carbocycles. The van der Waals surface area contributed by atoms with Crippen LogP contribution in [0.1, 0.15) is 20.3 Å². The number of non-ortho nitro benzene ring substituents is 1. The number of halogens is 1.